The minimum absolute atomic E-state index is 0.159. The van der Waals surface area contributed by atoms with E-state index >= 15 is 0 Å². The Hall–Kier alpha value is -1.31. The van der Waals surface area contributed by atoms with Crippen LogP contribution >= 0.6 is 11.8 Å². The summed E-state index contributed by atoms with van der Waals surface area (Å²) in [7, 11) is 0. The maximum absolute atomic E-state index is 13.7. The number of guanidine groups is 1. The average molecular weight is 410 g/mol. The minimum atomic E-state index is -0.159. The number of aliphatic imine (C=N–C) groups is 1. The number of piperidine rings is 1. The van der Waals surface area contributed by atoms with Gasteiger partial charge in [-0.2, -0.15) is 0 Å². The Morgan fingerprint density at radius 2 is 2.14 bits per heavy atom. The van der Waals surface area contributed by atoms with E-state index in [4.69, 9.17) is 14.5 Å². The summed E-state index contributed by atoms with van der Waals surface area (Å²) in [6.45, 7) is 7.09. The maximum atomic E-state index is 13.7. The van der Waals surface area contributed by atoms with Gasteiger partial charge in [-0.05, 0) is 44.7 Å². The fourth-order valence-electron chi connectivity index (χ4n) is 3.55. The zero-order valence-electron chi connectivity index (χ0n) is 16.7. The number of rotatable bonds is 8. The first-order chi connectivity index (χ1) is 13.8. The van der Waals surface area contributed by atoms with Gasteiger partial charge in [0.25, 0.3) is 0 Å². The Balaban J connectivity index is 1.40. The molecule has 2 aliphatic heterocycles. The Morgan fingerprint density at radius 1 is 1.32 bits per heavy atom. The molecule has 2 fully saturated rings. The molecule has 0 aliphatic carbocycles. The first kappa shape index (κ1) is 21.4. The number of thioether (sulfide) groups is 1. The van der Waals surface area contributed by atoms with Gasteiger partial charge in [0.15, 0.2) is 5.96 Å². The van der Waals surface area contributed by atoms with Crippen LogP contribution in [0.15, 0.2) is 34.2 Å². The topological polar surface area (TPSA) is 46.1 Å². The maximum Gasteiger partial charge on any atom is 0.193 e. The summed E-state index contributed by atoms with van der Waals surface area (Å²) in [6, 6.07) is 6.90. The summed E-state index contributed by atoms with van der Waals surface area (Å²) >= 11 is 1.51. The Morgan fingerprint density at radius 3 is 2.86 bits per heavy atom. The molecule has 3 rings (SSSR count). The van der Waals surface area contributed by atoms with Crippen LogP contribution in [-0.2, 0) is 9.47 Å². The molecule has 0 aromatic heterocycles. The van der Waals surface area contributed by atoms with Gasteiger partial charge in [0.1, 0.15) is 5.82 Å². The molecule has 1 unspecified atom stereocenters. The second kappa shape index (κ2) is 11.6. The summed E-state index contributed by atoms with van der Waals surface area (Å²) < 4.78 is 25.4. The van der Waals surface area contributed by atoms with E-state index in [1.165, 1.54) is 17.8 Å². The van der Waals surface area contributed by atoms with Crippen molar-refractivity contribution in [2.75, 3.05) is 45.1 Å². The zero-order chi connectivity index (χ0) is 19.6. The van der Waals surface area contributed by atoms with Crippen molar-refractivity contribution in [3.05, 3.63) is 30.1 Å². The monoisotopic (exact) mass is 409 g/mol. The van der Waals surface area contributed by atoms with Gasteiger partial charge in [0.05, 0.1) is 25.4 Å². The lowest BCUT2D eigenvalue weighted by Crippen LogP contribution is -2.47. The lowest BCUT2D eigenvalue weighted by Gasteiger charge is -2.34. The smallest absolute Gasteiger partial charge is 0.193 e. The zero-order valence-corrected chi connectivity index (χ0v) is 17.6. The highest BCUT2D eigenvalue weighted by Gasteiger charge is 2.24. The normalized spacial score (nSPS) is 21.3. The van der Waals surface area contributed by atoms with Crippen molar-refractivity contribution >= 4 is 17.7 Å². The van der Waals surface area contributed by atoms with Gasteiger partial charge in [-0.25, -0.2) is 4.39 Å². The van der Waals surface area contributed by atoms with E-state index in [2.05, 4.69) is 17.1 Å². The van der Waals surface area contributed by atoms with E-state index in [0.717, 1.165) is 70.2 Å². The molecule has 0 amide bonds. The predicted molar refractivity (Wildman–Crippen MR) is 113 cm³/mol. The average Bonchev–Trinajstić information content (AvgIpc) is 3.24. The van der Waals surface area contributed by atoms with Crippen LogP contribution in [0.5, 0.6) is 0 Å². The number of nitrogens with one attached hydrogen (secondary N) is 1. The highest BCUT2D eigenvalue weighted by molar-refractivity contribution is 7.99. The van der Waals surface area contributed by atoms with Crippen molar-refractivity contribution in [2.24, 2.45) is 4.99 Å². The molecule has 2 saturated heterocycles. The van der Waals surface area contributed by atoms with Gasteiger partial charge in [-0.1, -0.05) is 12.1 Å². The van der Waals surface area contributed by atoms with Crippen molar-refractivity contribution in [1.82, 2.24) is 10.2 Å². The Labute approximate surface area is 172 Å². The van der Waals surface area contributed by atoms with Gasteiger partial charge in [0.2, 0.25) is 0 Å². The Kier molecular flexibility index (Phi) is 8.89. The molecule has 28 heavy (non-hydrogen) atoms. The first-order valence-corrected chi connectivity index (χ1v) is 11.4. The van der Waals surface area contributed by atoms with Crippen molar-refractivity contribution in [2.45, 2.75) is 49.7 Å². The molecular weight excluding hydrogens is 377 g/mol. The standard InChI is InChI=1S/C21H32FN3O2S/c1-2-23-21(24-11-15-28-20-8-4-3-7-19(20)22)25-12-9-17(10-13-25)27-16-18-6-5-14-26-18/h3-4,7-8,17-18H,2,5-6,9-16H2,1H3,(H,23,24). The second-order valence-corrected chi connectivity index (χ2v) is 8.31. The van der Waals surface area contributed by atoms with E-state index in [1.54, 1.807) is 6.07 Å². The summed E-state index contributed by atoms with van der Waals surface area (Å²) in [4.78, 5) is 7.74. The fourth-order valence-corrected chi connectivity index (χ4v) is 4.33. The molecule has 2 heterocycles. The van der Waals surface area contributed by atoms with Crippen LogP contribution in [0.25, 0.3) is 0 Å². The van der Waals surface area contributed by atoms with E-state index in [0.29, 0.717) is 23.6 Å². The van der Waals surface area contributed by atoms with Crippen molar-refractivity contribution < 1.29 is 13.9 Å². The third kappa shape index (κ3) is 6.64. The van der Waals surface area contributed by atoms with Gasteiger partial charge >= 0.3 is 0 Å². The quantitative estimate of drug-likeness (QED) is 0.308. The highest BCUT2D eigenvalue weighted by Crippen LogP contribution is 2.21. The van der Waals surface area contributed by atoms with E-state index in [1.807, 2.05) is 12.1 Å². The van der Waals surface area contributed by atoms with E-state index in [-0.39, 0.29) is 5.82 Å². The molecule has 0 radical (unpaired) electrons. The number of hydrogen-bond donors (Lipinski definition) is 1. The predicted octanol–water partition coefficient (Wildman–Crippen LogP) is 3.54. The molecule has 7 heteroatoms. The second-order valence-electron chi connectivity index (χ2n) is 7.17. The molecule has 1 aromatic carbocycles. The number of nitrogens with zero attached hydrogens (tertiary/aromatic N) is 2. The molecule has 156 valence electrons. The molecular formula is C21H32FN3O2S. The Bertz CT molecular complexity index is 617. The van der Waals surface area contributed by atoms with E-state index < -0.39 is 0 Å². The number of hydrogen-bond acceptors (Lipinski definition) is 4. The van der Waals surface area contributed by atoms with Gasteiger partial charge in [-0.3, -0.25) is 4.99 Å². The van der Waals surface area contributed by atoms with Gasteiger partial charge in [0, 0.05) is 36.9 Å². The largest absolute Gasteiger partial charge is 0.376 e. The number of likely N-dealkylation sites (tertiary alicyclic amines) is 1. The molecule has 2 aliphatic rings. The highest BCUT2D eigenvalue weighted by atomic mass is 32.2. The summed E-state index contributed by atoms with van der Waals surface area (Å²) in [5.74, 6) is 1.55. The van der Waals surface area contributed by atoms with Crippen LogP contribution in [0.4, 0.5) is 4.39 Å². The van der Waals surface area contributed by atoms with Gasteiger partial charge in [-0.15, -0.1) is 11.8 Å². The van der Waals surface area contributed by atoms with Crippen LogP contribution in [0.1, 0.15) is 32.6 Å². The van der Waals surface area contributed by atoms with E-state index in [9.17, 15) is 4.39 Å². The molecule has 5 nitrogen and oxygen atoms in total. The molecule has 1 aromatic rings. The molecule has 0 spiro atoms. The van der Waals surface area contributed by atoms with Crippen molar-refractivity contribution in [3.63, 3.8) is 0 Å². The van der Waals surface area contributed by atoms with Crippen LogP contribution in [-0.4, -0.2) is 68.2 Å². The van der Waals surface area contributed by atoms with Crippen LogP contribution < -0.4 is 5.32 Å². The van der Waals surface area contributed by atoms with Crippen LogP contribution in [0.2, 0.25) is 0 Å². The fraction of sp³-hybridized carbons (Fsp3) is 0.667. The molecule has 0 bridgehead atoms. The van der Waals surface area contributed by atoms with Crippen molar-refractivity contribution in [3.8, 4) is 0 Å². The number of ether oxygens (including phenoxy) is 2. The third-order valence-electron chi connectivity index (χ3n) is 5.07. The summed E-state index contributed by atoms with van der Waals surface area (Å²) in [5, 5.41) is 3.39. The number of benzene rings is 1. The molecule has 0 saturated carbocycles. The summed E-state index contributed by atoms with van der Waals surface area (Å²) in [6.07, 6.45) is 4.93. The van der Waals surface area contributed by atoms with Crippen LogP contribution in [0.3, 0.4) is 0 Å². The van der Waals surface area contributed by atoms with Crippen molar-refractivity contribution in [1.29, 1.82) is 0 Å². The third-order valence-corrected chi connectivity index (χ3v) is 6.09. The minimum Gasteiger partial charge on any atom is -0.376 e. The van der Waals surface area contributed by atoms with Crippen LogP contribution in [0, 0.1) is 5.82 Å². The SMILES string of the molecule is CCNC(=NCCSc1ccccc1F)N1CCC(OCC2CCCO2)CC1. The first-order valence-electron chi connectivity index (χ1n) is 10.4. The molecule has 1 atom stereocenters. The van der Waals surface area contributed by atoms with Gasteiger partial charge < -0.3 is 19.7 Å². The lowest BCUT2D eigenvalue weighted by atomic mass is 10.1. The molecule has 1 N–H and O–H groups in total. The lowest BCUT2D eigenvalue weighted by molar-refractivity contribution is -0.0367. The summed E-state index contributed by atoms with van der Waals surface area (Å²) in [5.41, 5.74) is 0. The number of halogens is 1.